The lowest BCUT2D eigenvalue weighted by molar-refractivity contribution is 0.518. The van der Waals surface area contributed by atoms with Gasteiger partial charge in [0.1, 0.15) is 0 Å². The Hall–Kier alpha value is -1.60. The highest BCUT2D eigenvalue weighted by Crippen LogP contribution is 2.59. The molecule has 0 spiro atoms. The van der Waals surface area contributed by atoms with Crippen LogP contribution in [0, 0.1) is 11.3 Å². The predicted octanol–water partition coefficient (Wildman–Crippen LogP) is 3.80. The molecule has 0 radical (unpaired) electrons. The van der Waals surface area contributed by atoms with E-state index in [0.29, 0.717) is 11.8 Å². The molecule has 0 aromatic heterocycles. The zero-order valence-electron chi connectivity index (χ0n) is 11.6. The predicted molar refractivity (Wildman–Crippen MR) is 80.0 cm³/mol. The first kappa shape index (κ1) is 12.4. The van der Waals surface area contributed by atoms with E-state index in [1.165, 1.54) is 11.1 Å². The zero-order chi connectivity index (χ0) is 13.5. The van der Waals surface area contributed by atoms with Crippen molar-refractivity contribution < 1.29 is 0 Å². The summed E-state index contributed by atoms with van der Waals surface area (Å²) in [6, 6.07) is 21.8. The first-order valence-electron chi connectivity index (χ1n) is 6.98. The monoisotopic (exact) mass is 251 g/mol. The number of hydrogen-bond donors (Lipinski definition) is 1. The van der Waals surface area contributed by atoms with Crippen LogP contribution in [0.1, 0.15) is 30.9 Å². The van der Waals surface area contributed by atoms with Crippen molar-refractivity contribution in [3.63, 3.8) is 0 Å². The Bertz CT molecular complexity index is 505. The summed E-state index contributed by atoms with van der Waals surface area (Å²) < 4.78 is 0. The molecule has 2 atom stereocenters. The highest BCUT2D eigenvalue weighted by Gasteiger charge is 2.59. The second-order valence-corrected chi connectivity index (χ2v) is 6.17. The third-order valence-electron chi connectivity index (χ3n) is 4.67. The summed E-state index contributed by atoms with van der Waals surface area (Å²) in [4.78, 5) is 0. The Morgan fingerprint density at radius 3 is 1.53 bits per heavy atom. The minimum atomic E-state index is 0.232. The van der Waals surface area contributed by atoms with E-state index in [9.17, 15) is 0 Å². The van der Waals surface area contributed by atoms with Crippen LogP contribution < -0.4 is 5.73 Å². The van der Waals surface area contributed by atoms with Crippen LogP contribution in [0.2, 0.25) is 0 Å². The summed E-state index contributed by atoms with van der Waals surface area (Å²) in [5.74, 6) is 0.935. The first-order valence-corrected chi connectivity index (χ1v) is 6.98. The van der Waals surface area contributed by atoms with E-state index < -0.39 is 0 Å². The molecule has 2 aromatic rings. The van der Waals surface area contributed by atoms with E-state index in [4.69, 9.17) is 5.73 Å². The van der Waals surface area contributed by atoms with Crippen LogP contribution in [0.25, 0.3) is 0 Å². The van der Waals surface area contributed by atoms with Crippen LogP contribution in [0.4, 0.5) is 0 Å². The van der Waals surface area contributed by atoms with Gasteiger partial charge in [0.2, 0.25) is 0 Å². The maximum atomic E-state index is 6.32. The molecule has 2 aromatic carbocycles. The quantitative estimate of drug-likeness (QED) is 0.882. The molecule has 2 N–H and O–H groups in total. The van der Waals surface area contributed by atoms with E-state index in [0.717, 1.165) is 0 Å². The van der Waals surface area contributed by atoms with Crippen molar-refractivity contribution in [1.29, 1.82) is 0 Å². The minimum Gasteiger partial charge on any atom is -0.327 e. The molecular weight excluding hydrogens is 230 g/mol. The van der Waals surface area contributed by atoms with Gasteiger partial charge < -0.3 is 5.73 Å². The lowest BCUT2D eigenvalue weighted by atomic mass is 9.84. The van der Waals surface area contributed by atoms with Gasteiger partial charge in [-0.3, -0.25) is 0 Å². The number of rotatable bonds is 3. The Morgan fingerprint density at radius 1 is 0.842 bits per heavy atom. The van der Waals surface area contributed by atoms with Crippen molar-refractivity contribution in [2.45, 2.75) is 25.8 Å². The van der Waals surface area contributed by atoms with E-state index in [1.54, 1.807) is 0 Å². The molecule has 0 amide bonds. The summed E-state index contributed by atoms with van der Waals surface area (Å²) in [5.41, 5.74) is 9.30. The third kappa shape index (κ3) is 2.08. The summed E-state index contributed by atoms with van der Waals surface area (Å²) in [6.45, 7) is 4.56. The van der Waals surface area contributed by atoms with Gasteiger partial charge in [0.15, 0.2) is 0 Å². The SMILES string of the molecule is CC1(C)[C@@H](N)[C@@H]1C(c1ccccc1)c1ccccc1. The van der Waals surface area contributed by atoms with Gasteiger partial charge in [0.05, 0.1) is 0 Å². The molecule has 1 aliphatic carbocycles. The second kappa shape index (κ2) is 4.50. The average molecular weight is 251 g/mol. The highest BCUT2D eigenvalue weighted by molar-refractivity contribution is 5.38. The van der Waals surface area contributed by atoms with Crippen molar-refractivity contribution >= 4 is 0 Å². The van der Waals surface area contributed by atoms with Crippen molar-refractivity contribution in [1.82, 2.24) is 0 Å². The van der Waals surface area contributed by atoms with Gasteiger partial charge in [-0.25, -0.2) is 0 Å². The summed E-state index contributed by atoms with van der Waals surface area (Å²) in [7, 11) is 0. The molecule has 0 saturated heterocycles. The molecule has 1 saturated carbocycles. The Balaban J connectivity index is 2.03. The number of benzene rings is 2. The molecule has 1 fully saturated rings. The minimum absolute atomic E-state index is 0.232. The normalized spacial score (nSPS) is 24.4. The molecule has 0 heterocycles. The van der Waals surface area contributed by atoms with Crippen LogP contribution in [0.3, 0.4) is 0 Å². The summed E-state index contributed by atoms with van der Waals surface area (Å²) in [5, 5.41) is 0. The van der Waals surface area contributed by atoms with Crippen LogP contribution in [0.15, 0.2) is 60.7 Å². The average Bonchev–Trinajstić information content (AvgIpc) is 2.92. The highest BCUT2D eigenvalue weighted by atomic mass is 14.8. The van der Waals surface area contributed by atoms with Gasteiger partial charge in [0, 0.05) is 12.0 Å². The lowest BCUT2D eigenvalue weighted by Crippen LogP contribution is -2.11. The smallest absolute Gasteiger partial charge is 0.0138 e. The standard InChI is InChI=1S/C18H21N/c1-18(2)16(17(18)19)15(13-9-5-3-6-10-13)14-11-7-4-8-12-14/h3-12,15-17H,19H2,1-2H3/t16-,17-/m0/s1. The Kier molecular flexibility index (Phi) is 2.94. The summed E-state index contributed by atoms with van der Waals surface area (Å²) >= 11 is 0. The van der Waals surface area contributed by atoms with Crippen LogP contribution in [0.5, 0.6) is 0 Å². The molecular formula is C18H21N. The number of hydrogen-bond acceptors (Lipinski definition) is 1. The van der Waals surface area contributed by atoms with E-state index in [1.807, 2.05) is 0 Å². The van der Waals surface area contributed by atoms with Crippen molar-refractivity contribution in [3.05, 3.63) is 71.8 Å². The van der Waals surface area contributed by atoms with Gasteiger partial charge in [0.25, 0.3) is 0 Å². The van der Waals surface area contributed by atoms with Crippen molar-refractivity contribution in [2.24, 2.45) is 17.1 Å². The van der Waals surface area contributed by atoms with Gasteiger partial charge in [-0.2, -0.15) is 0 Å². The molecule has 1 heteroatoms. The Labute approximate surface area is 115 Å². The van der Waals surface area contributed by atoms with E-state index >= 15 is 0 Å². The Morgan fingerprint density at radius 2 is 1.21 bits per heavy atom. The first-order chi connectivity index (χ1) is 9.12. The largest absolute Gasteiger partial charge is 0.327 e. The topological polar surface area (TPSA) is 26.0 Å². The van der Waals surface area contributed by atoms with Crippen LogP contribution >= 0.6 is 0 Å². The maximum Gasteiger partial charge on any atom is 0.0138 e. The molecule has 0 aliphatic heterocycles. The second-order valence-electron chi connectivity index (χ2n) is 6.17. The van der Waals surface area contributed by atoms with Crippen LogP contribution in [-0.4, -0.2) is 6.04 Å². The van der Waals surface area contributed by atoms with Gasteiger partial charge >= 0.3 is 0 Å². The lowest BCUT2D eigenvalue weighted by Gasteiger charge is -2.19. The van der Waals surface area contributed by atoms with Crippen molar-refractivity contribution in [2.75, 3.05) is 0 Å². The number of nitrogens with two attached hydrogens (primary N) is 1. The zero-order valence-corrected chi connectivity index (χ0v) is 11.6. The molecule has 98 valence electrons. The fourth-order valence-corrected chi connectivity index (χ4v) is 3.28. The van der Waals surface area contributed by atoms with Crippen LogP contribution in [-0.2, 0) is 0 Å². The molecule has 3 rings (SSSR count). The molecule has 1 nitrogen and oxygen atoms in total. The maximum absolute atomic E-state index is 6.32. The molecule has 0 bridgehead atoms. The van der Waals surface area contributed by atoms with E-state index in [2.05, 4.69) is 74.5 Å². The fourth-order valence-electron chi connectivity index (χ4n) is 3.28. The molecule has 0 unspecified atom stereocenters. The van der Waals surface area contributed by atoms with Gasteiger partial charge in [-0.15, -0.1) is 0 Å². The van der Waals surface area contributed by atoms with Crippen molar-refractivity contribution in [3.8, 4) is 0 Å². The molecule has 19 heavy (non-hydrogen) atoms. The third-order valence-corrected chi connectivity index (χ3v) is 4.67. The summed E-state index contributed by atoms with van der Waals surface area (Å²) in [6.07, 6.45) is 0. The fraction of sp³-hybridized carbons (Fsp3) is 0.333. The molecule has 1 aliphatic rings. The van der Waals surface area contributed by atoms with Gasteiger partial charge in [-0.1, -0.05) is 74.5 Å². The van der Waals surface area contributed by atoms with Gasteiger partial charge in [-0.05, 0) is 22.5 Å². The van der Waals surface area contributed by atoms with E-state index in [-0.39, 0.29) is 11.5 Å².